The second kappa shape index (κ2) is 7.30. The van der Waals surface area contributed by atoms with Gasteiger partial charge < -0.3 is 9.47 Å². The quantitative estimate of drug-likeness (QED) is 0.772. The van der Waals surface area contributed by atoms with E-state index in [0.29, 0.717) is 6.42 Å². The third-order valence-corrected chi connectivity index (χ3v) is 6.83. The number of benzene rings is 1. The zero-order chi connectivity index (χ0) is 20.7. The third kappa shape index (κ3) is 4.61. The summed E-state index contributed by atoms with van der Waals surface area (Å²) in [6.45, 7) is 15.1. The van der Waals surface area contributed by atoms with Crippen molar-refractivity contribution < 1.29 is 18.5 Å². The van der Waals surface area contributed by atoms with Gasteiger partial charge in [-0.15, -0.1) is 0 Å². The van der Waals surface area contributed by atoms with Crippen molar-refractivity contribution in [3.63, 3.8) is 0 Å². The van der Waals surface area contributed by atoms with E-state index >= 15 is 0 Å². The Labute approximate surface area is 165 Å². The fourth-order valence-corrected chi connectivity index (χ4v) is 3.69. The molecule has 1 N–H and O–H groups in total. The van der Waals surface area contributed by atoms with Crippen molar-refractivity contribution in [3.05, 3.63) is 35.9 Å². The molecule has 0 spiro atoms. The first-order chi connectivity index (χ1) is 12.2. The SMILES string of the molecule is CC(C)(C)S(=O)N[C@@H](Cc1ccccc1)[C@]1(C)O[C@](C)(C(C)(C)C)OC1=O. The molecule has 0 aliphatic carbocycles. The maximum Gasteiger partial charge on any atom is 0.342 e. The number of carbonyl (C=O) groups excluding carboxylic acids is 1. The van der Waals surface area contributed by atoms with Gasteiger partial charge in [-0.3, -0.25) is 0 Å². The zero-order valence-electron chi connectivity index (χ0n) is 17.7. The van der Waals surface area contributed by atoms with Crippen molar-refractivity contribution in [2.24, 2.45) is 5.41 Å². The highest BCUT2D eigenvalue weighted by atomic mass is 32.2. The van der Waals surface area contributed by atoms with Gasteiger partial charge in [-0.1, -0.05) is 51.1 Å². The van der Waals surface area contributed by atoms with Gasteiger partial charge in [-0.25, -0.2) is 13.7 Å². The highest BCUT2D eigenvalue weighted by Crippen LogP contribution is 2.45. The highest BCUT2D eigenvalue weighted by molar-refractivity contribution is 7.84. The summed E-state index contributed by atoms with van der Waals surface area (Å²) < 4.78 is 27.5. The van der Waals surface area contributed by atoms with Gasteiger partial charge in [0.1, 0.15) is 0 Å². The summed E-state index contributed by atoms with van der Waals surface area (Å²) in [5.74, 6) is -1.49. The van der Waals surface area contributed by atoms with E-state index in [9.17, 15) is 9.00 Å². The minimum Gasteiger partial charge on any atom is -0.431 e. The van der Waals surface area contributed by atoms with Gasteiger partial charge in [0.25, 0.3) is 0 Å². The predicted molar refractivity (Wildman–Crippen MR) is 108 cm³/mol. The van der Waals surface area contributed by atoms with Crippen molar-refractivity contribution >= 4 is 17.0 Å². The van der Waals surface area contributed by atoms with Crippen LogP contribution in [0.15, 0.2) is 30.3 Å². The molecule has 6 heteroatoms. The highest BCUT2D eigenvalue weighted by Gasteiger charge is 2.61. The zero-order valence-corrected chi connectivity index (χ0v) is 18.5. The molecule has 0 radical (unpaired) electrons. The molecule has 4 atom stereocenters. The van der Waals surface area contributed by atoms with Gasteiger partial charge >= 0.3 is 5.97 Å². The molecule has 152 valence electrons. The normalized spacial score (nSPS) is 28.7. The molecule has 1 heterocycles. The number of rotatable bonds is 5. The Morgan fingerprint density at radius 3 is 2.07 bits per heavy atom. The number of nitrogens with one attached hydrogen (secondary N) is 1. The minimum absolute atomic E-state index is 0.402. The van der Waals surface area contributed by atoms with E-state index < -0.39 is 44.5 Å². The van der Waals surface area contributed by atoms with Crippen LogP contribution in [-0.4, -0.2) is 32.4 Å². The van der Waals surface area contributed by atoms with Crippen LogP contribution in [0.4, 0.5) is 0 Å². The Morgan fingerprint density at radius 1 is 1.07 bits per heavy atom. The van der Waals surface area contributed by atoms with Gasteiger partial charge in [0.2, 0.25) is 5.79 Å². The van der Waals surface area contributed by atoms with Crippen molar-refractivity contribution in [2.45, 2.75) is 84.0 Å². The van der Waals surface area contributed by atoms with Crippen LogP contribution >= 0.6 is 0 Å². The molecule has 1 aliphatic rings. The Hall–Kier alpha value is -1.24. The molecule has 1 fully saturated rings. The van der Waals surface area contributed by atoms with Gasteiger partial charge in [0, 0.05) is 12.3 Å². The second-order valence-corrected chi connectivity index (χ2v) is 11.5. The van der Waals surface area contributed by atoms with Crippen molar-refractivity contribution in [3.8, 4) is 0 Å². The maximum atomic E-state index is 12.9. The summed E-state index contributed by atoms with van der Waals surface area (Å²) >= 11 is 0. The van der Waals surface area contributed by atoms with Crippen molar-refractivity contribution in [1.82, 2.24) is 4.72 Å². The number of ether oxygens (including phenoxy) is 2. The lowest BCUT2D eigenvalue weighted by atomic mass is 9.86. The summed E-state index contributed by atoms with van der Waals surface area (Å²) in [5.41, 5.74) is -0.623. The Bertz CT molecular complexity index is 707. The number of hydrogen-bond donors (Lipinski definition) is 1. The van der Waals surface area contributed by atoms with Crippen molar-refractivity contribution in [2.75, 3.05) is 0 Å². The average Bonchev–Trinajstić information content (AvgIpc) is 2.78. The lowest BCUT2D eigenvalue weighted by Crippen LogP contribution is -2.57. The van der Waals surface area contributed by atoms with E-state index in [1.54, 1.807) is 13.8 Å². The molecule has 1 aromatic rings. The standard InChI is InChI=1S/C21H33NO4S/c1-18(2,3)21(8)25-17(23)20(7,26-21)16(22-27(24)19(4,5)6)14-15-12-10-9-11-13-15/h9-13,16,22H,14H2,1-8H3/t16-,20-,21+,27?/m0/s1. The number of carbonyl (C=O) groups is 1. The van der Waals surface area contributed by atoms with Gasteiger partial charge in [-0.2, -0.15) is 0 Å². The lowest BCUT2D eigenvalue weighted by Gasteiger charge is -2.38. The first-order valence-electron chi connectivity index (χ1n) is 9.35. The summed E-state index contributed by atoms with van der Waals surface area (Å²) in [6, 6.07) is 9.31. The number of cyclic esters (lactones) is 1. The summed E-state index contributed by atoms with van der Waals surface area (Å²) in [7, 11) is -1.36. The summed E-state index contributed by atoms with van der Waals surface area (Å²) in [4.78, 5) is 12.9. The monoisotopic (exact) mass is 395 g/mol. The Morgan fingerprint density at radius 2 is 1.63 bits per heavy atom. The Balaban J connectivity index is 2.39. The third-order valence-electron chi connectivity index (χ3n) is 5.22. The van der Waals surface area contributed by atoms with Crippen LogP contribution in [0.2, 0.25) is 0 Å². The molecule has 1 saturated heterocycles. The molecular weight excluding hydrogens is 362 g/mol. The molecule has 0 saturated carbocycles. The minimum atomic E-state index is -1.36. The van der Waals surface area contributed by atoms with Crippen molar-refractivity contribution in [1.29, 1.82) is 0 Å². The molecule has 0 bridgehead atoms. The number of esters is 1. The molecule has 1 unspecified atom stereocenters. The van der Waals surface area contributed by atoms with E-state index in [1.807, 2.05) is 71.9 Å². The maximum absolute atomic E-state index is 12.9. The fourth-order valence-electron chi connectivity index (χ4n) is 2.77. The van der Waals surface area contributed by atoms with Crippen LogP contribution in [0.1, 0.15) is 61.0 Å². The van der Waals surface area contributed by atoms with E-state index in [2.05, 4.69) is 4.72 Å². The second-order valence-electron chi connectivity index (χ2n) is 9.54. The van der Waals surface area contributed by atoms with Crippen LogP contribution in [0.3, 0.4) is 0 Å². The van der Waals surface area contributed by atoms with Gasteiger partial charge in [0.15, 0.2) is 5.60 Å². The average molecular weight is 396 g/mol. The van der Waals surface area contributed by atoms with Gasteiger partial charge in [-0.05, 0) is 39.7 Å². The predicted octanol–water partition coefficient (Wildman–Crippen LogP) is 3.74. The summed E-state index contributed by atoms with van der Waals surface area (Å²) in [5, 5.41) is 0. The van der Waals surface area contributed by atoms with E-state index in [-0.39, 0.29) is 0 Å². The topological polar surface area (TPSA) is 64.6 Å². The number of hydrogen-bond acceptors (Lipinski definition) is 4. The molecule has 0 aromatic heterocycles. The van der Waals surface area contributed by atoms with Crippen LogP contribution in [-0.2, 0) is 31.7 Å². The smallest absolute Gasteiger partial charge is 0.342 e. The molecule has 2 rings (SSSR count). The van der Waals surface area contributed by atoms with Crippen LogP contribution in [0.5, 0.6) is 0 Å². The first-order valence-corrected chi connectivity index (χ1v) is 10.5. The lowest BCUT2D eigenvalue weighted by molar-refractivity contribution is -0.232. The largest absolute Gasteiger partial charge is 0.431 e. The van der Waals surface area contributed by atoms with Gasteiger partial charge in [0.05, 0.1) is 21.8 Å². The van der Waals surface area contributed by atoms with Crippen LogP contribution in [0.25, 0.3) is 0 Å². The molecule has 27 heavy (non-hydrogen) atoms. The van der Waals surface area contributed by atoms with Crippen LogP contribution in [0, 0.1) is 5.41 Å². The van der Waals surface area contributed by atoms with E-state index in [1.165, 1.54) is 0 Å². The molecule has 5 nitrogen and oxygen atoms in total. The van der Waals surface area contributed by atoms with E-state index in [4.69, 9.17) is 9.47 Å². The summed E-state index contributed by atoms with van der Waals surface area (Å²) in [6.07, 6.45) is 0.495. The molecule has 0 amide bonds. The molecule has 1 aromatic carbocycles. The fraction of sp³-hybridized carbons (Fsp3) is 0.667. The molecule has 1 aliphatic heterocycles. The van der Waals surface area contributed by atoms with Crippen LogP contribution < -0.4 is 4.72 Å². The Kier molecular flexibility index (Phi) is 5.96. The van der Waals surface area contributed by atoms with E-state index in [0.717, 1.165) is 5.56 Å². The molecular formula is C21H33NO4S. The first kappa shape index (κ1) is 22.1.